The quantitative estimate of drug-likeness (QED) is 0.521. The number of hydrogen-bond acceptors (Lipinski definition) is 4. The lowest BCUT2D eigenvalue weighted by atomic mass is 10.3. The Bertz CT molecular complexity index is 296. The number of ether oxygens (including phenoxy) is 1. The maximum atomic E-state index is 10.7. The van der Waals surface area contributed by atoms with E-state index in [4.69, 9.17) is 0 Å². The molecule has 0 aliphatic rings. The molecule has 78 valence electrons. The molecule has 1 N–H and O–H groups in total. The Balaban J connectivity index is 2.16. The van der Waals surface area contributed by atoms with Crippen molar-refractivity contribution in [3.05, 3.63) is 18.0 Å². The maximum absolute atomic E-state index is 10.7. The summed E-state index contributed by atoms with van der Waals surface area (Å²) in [7, 11) is 3.28. The molecule has 1 aromatic heterocycles. The van der Waals surface area contributed by atoms with Gasteiger partial charge in [-0.25, -0.2) is 0 Å². The van der Waals surface area contributed by atoms with Crippen LogP contribution >= 0.6 is 0 Å². The average molecular weight is 197 g/mol. The van der Waals surface area contributed by atoms with Crippen molar-refractivity contribution in [2.75, 3.05) is 20.2 Å². The number of aromatic nitrogens is 2. The third kappa shape index (κ3) is 3.18. The van der Waals surface area contributed by atoms with Gasteiger partial charge in [-0.15, -0.1) is 0 Å². The summed E-state index contributed by atoms with van der Waals surface area (Å²) in [5.41, 5.74) is 1.14. The number of carbonyl (C=O) groups excluding carboxylic acids is 1. The Kier molecular flexibility index (Phi) is 4.12. The predicted octanol–water partition coefficient (Wildman–Crippen LogP) is -0.275. The van der Waals surface area contributed by atoms with Crippen molar-refractivity contribution in [1.29, 1.82) is 0 Å². The van der Waals surface area contributed by atoms with Crippen LogP contribution in [0.1, 0.15) is 5.69 Å². The van der Waals surface area contributed by atoms with Crippen LogP contribution in [0, 0.1) is 0 Å². The highest BCUT2D eigenvalue weighted by Gasteiger charge is 2.00. The summed E-state index contributed by atoms with van der Waals surface area (Å²) in [4.78, 5) is 10.7. The number of hydrogen-bond donors (Lipinski definition) is 1. The largest absolute Gasteiger partial charge is 0.468 e. The molecule has 5 heteroatoms. The van der Waals surface area contributed by atoms with Crippen molar-refractivity contribution in [2.45, 2.75) is 6.42 Å². The van der Waals surface area contributed by atoms with E-state index in [9.17, 15) is 4.79 Å². The molecule has 0 aromatic carbocycles. The molecule has 0 amide bonds. The summed E-state index contributed by atoms with van der Waals surface area (Å²) in [6, 6.07) is 1.96. The highest BCUT2D eigenvalue weighted by molar-refractivity contribution is 5.71. The molecule has 0 fully saturated rings. The number of nitrogens with zero attached hydrogens (tertiary/aromatic N) is 2. The van der Waals surface area contributed by atoms with Crippen molar-refractivity contribution in [1.82, 2.24) is 15.1 Å². The van der Waals surface area contributed by atoms with Gasteiger partial charge >= 0.3 is 5.97 Å². The van der Waals surface area contributed by atoms with E-state index in [0.29, 0.717) is 0 Å². The van der Waals surface area contributed by atoms with Gasteiger partial charge in [0.2, 0.25) is 0 Å². The Morgan fingerprint density at radius 1 is 1.71 bits per heavy atom. The van der Waals surface area contributed by atoms with Gasteiger partial charge in [0.05, 0.1) is 13.7 Å². The highest BCUT2D eigenvalue weighted by Crippen LogP contribution is 1.95. The van der Waals surface area contributed by atoms with E-state index in [0.717, 1.165) is 18.7 Å². The molecule has 0 aliphatic carbocycles. The Morgan fingerprint density at radius 3 is 3.07 bits per heavy atom. The van der Waals surface area contributed by atoms with Crippen molar-refractivity contribution < 1.29 is 9.53 Å². The van der Waals surface area contributed by atoms with Gasteiger partial charge in [0.1, 0.15) is 0 Å². The number of nitrogens with one attached hydrogen (secondary N) is 1. The van der Waals surface area contributed by atoms with E-state index < -0.39 is 0 Å². The lowest BCUT2D eigenvalue weighted by molar-refractivity contribution is -0.139. The van der Waals surface area contributed by atoms with E-state index in [1.165, 1.54) is 7.11 Å². The Morgan fingerprint density at radius 2 is 2.50 bits per heavy atom. The summed E-state index contributed by atoms with van der Waals surface area (Å²) >= 11 is 0. The third-order valence-electron chi connectivity index (χ3n) is 1.98. The van der Waals surface area contributed by atoms with Gasteiger partial charge in [-0.2, -0.15) is 5.10 Å². The molecular weight excluding hydrogens is 182 g/mol. The zero-order chi connectivity index (χ0) is 10.4. The van der Waals surface area contributed by atoms with Gasteiger partial charge in [0.15, 0.2) is 0 Å². The van der Waals surface area contributed by atoms with Crippen LogP contribution < -0.4 is 5.32 Å². The fraction of sp³-hybridized carbons (Fsp3) is 0.556. The fourth-order valence-corrected chi connectivity index (χ4v) is 1.13. The molecule has 1 heterocycles. The molecule has 0 aliphatic heterocycles. The van der Waals surface area contributed by atoms with Crippen LogP contribution in [0.3, 0.4) is 0 Å². The van der Waals surface area contributed by atoms with Gasteiger partial charge in [-0.3, -0.25) is 9.48 Å². The van der Waals surface area contributed by atoms with E-state index in [1.54, 1.807) is 6.20 Å². The molecule has 0 spiro atoms. The number of methoxy groups -OCH3 is 1. The van der Waals surface area contributed by atoms with Crippen LogP contribution in [-0.4, -0.2) is 35.9 Å². The lowest BCUT2D eigenvalue weighted by Gasteiger charge is -2.03. The summed E-state index contributed by atoms with van der Waals surface area (Å²) in [5, 5.41) is 7.03. The Labute approximate surface area is 83.1 Å². The standard InChI is InChI=1S/C9H15N3O2/c1-12-8(4-6-11-12)3-5-10-7-9(13)14-2/h4,6,10H,3,5,7H2,1-2H3. The number of aryl methyl sites for hydroxylation is 1. The summed E-state index contributed by atoms with van der Waals surface area (Å²) in [6.45, 7) is 1.00. The van der Waals surface area contributed by atoms with E-state index in [-0.39, 0.29) is 12.5 Å². The van der Waals surface area contributed by atoms with Crippen LogP contribution in [0.5, 0.6) is 0 Å². The second-order valence-corrected chi connectivity index (χ2v) is 2.95. The van der Waals surface area contributed by atoms with Crippen molar-refractivity contribution in [3.63, 3.8) is 0 Å². The topological polar surface area (TPSA) is 56.1 Å². The van der Waals surface area contributed by atoms with Crippen LogP contribution in [0.2, 0.25) is 0 Å². The van der Waals surface area contributed by atoms with Gasteiger partial charge in [0.25, 0.3) is 0 Å². The minimum Gasteiger partial charge on any atom is -0.468 e. The molecule has 14 heavy (non-hydrogen) atoms. The fourth-order valence-electron chi connectivity index (χ4n) is 1.13. The molecule has 5 nitrogen and oxygen atoms in total. The second kappa shape index (κ2) is 5.39. The van der Waals surface area contributed by atoms with Gasteiger partial charge in [0, 0.05) is 31.9 Å². The summed E-state index contributed by atoms with van der Waals surface area (Å²) in [6.07, 6.45) is 2.61. The Hall–Kier alpha value is -1.36. The van der Waals surface area contributed by atoms with Gasteiger partial charge < -0.3 is 10.1 Å². The van der Waals surface area contributed by atoms with Crippen molar-refractivity contribution in [2.24, 2.45) is 7.05 Å². The monoisotopic (exact) mass is 197 g/mol. The van der Waals surface area contributed by atoms with Gasteiger partial charge in [-0.05, 0) is 6.07 Å². The smallest absolute Gasteiger partial charge is 0.319 e. The van der Waals surface area contributed by atoms with Crippen molar-refractivity contribution in [3.8, 4) is 0 Å². The number of rotatable bonds is 5. The molecule has 1 rings (SSSR count). The maximum Gasteiger partial charge on any atom is 0.319 e. The molecule has 0 atom stereocenters. The molecular formula is C9H15N3O2. The minimum atomic E-state index is -0.241. The highest BCUT2D eigenvalue weighted by atomic mass is 16.5. The third-order valence-corrected chi connectivity index (χ3v) is 1.98. The van der Waals surface area contributed by atoms with Crippen LogP contribution in [0.4, 0.5) is 0 Å². The lowest BCUT2D eigenvalue weighted by Crippen LogP contribution is -2.26. The number of carbonyl (C=O) groups is 1. The van der Waals surface area contributed by atoms with Crippen molar-refractivity contribution >= 4 is 5.97 Å². The molecule has 1 aromatic rings. The zero-order valence-corrected chi connectivity index (χ0v) is 8.49. The van der Waals surface area contributed by atoms with Gasteiger partial charge in [-0.1, -0.05) is 0 Å². The molecule has 0 bridgehead atoms. The van der Waals surface area contributed by atoms with E-state index in [1.807, 2.05) is 17.8 Å². The zero-order valence-electron chi connectivity index (χ0n) is 8.49. The first-order chi connectivity index (χ1) is 6.74. The normalized spacial score (nSPS) is 10.1. The molecule has 0 radical (unpaired) electrons. The van der Waals surface area contributed by atoms with Crippen LogP contribution in [-0.2, 0) is 23.0 Å². The average Bonchev–Trinajstić information content (AvgIpc) is 2.58. The van der Waals surface area contributed by atoms with E-state index in [2.05, 4.69) is 15.2 Å². The molecule has 0 unspecified atom stereocenters. The summed E-state index contributed by atoms with van der Waals surface area (Å²) in [5.74, 6) is -0.241. The molecule has 0 saturated heterocycles. The first kappa shape index (κ1) is 10.7. The second-order valence-electron chi connectivity index (χ2n) is 2.95. The first-order valence-corrected chi connectivity index (χ1v) is 4.48. The van der Waals surface area contributed by atoms with Crippen LogP contribution in [0.15, 0.2) is 12.3 Å². The van der Waals surface area contributed by atoms with E-state index >= 15 is 0 Å². The number of esters is 1. The minimum absolute atomic E-state index is 0.241. The van der Waals surface area contributed by atoms with Crippen LogP contribution in [0.25, 0.3) is 0 Å². The SMILES string of the molecule is COC(=O)CNCCc1ccnn1C. The predicted molar refractivity (Wildman–Crippen MR) is 51.8 cm³/mol. The first-order valence-electron chi connectivity index (χ1n) is 4.48. The molecule has 0 saturated carbocycles. The summed E-state index contributed by atoms with van der Waals surface area (Å²) < 4.78 is 6.31.